The lowest BCUT2D eigenvalue weighted by Gasteiger charge is -2.15. The van der Waals surface area contributed by atoms with E-state index in [4.69, 9.17) is 0 Å². The van der Waals surface area contributed by atoms with E-state index in [1.807, 2.05) is 0 Å². The summed E-state index contributed by atoms with van der Waals surface area (Å²) in [5.74, 6) is 1.35. The van der Waals surface area contributed by atoms with Crippen molar-refractivity contribution in [3.63, 3.8) is 0 Å². The van der Waals surface area contributed by atoms with Gasteiger partial charge < -0.3 is 10.6 Å². The highest BCUT2D eigenvalue weighted by atomic mass is 16.1. The molecular weight excluding hydrogens is 212 g/mol. The normalized spacial score (nSPS) is 12.8. The summed E-state index contributed by atoms with van der Waals surface area (Å²) in [4.78, 5) is 11.5. The van der Waals surface area contributed by atoms with Crippen molar-refractivity contribution in [1.29, 1.82) is 0 Å². The van der Waals surface area contributed by atoms with E-state index in [9.17, 15) is 4.79 Å². The molecule has 1 atom stereocenters. The highest BCUT2D eigenvalue weighted by Gasteiger charge is 2.07. The third-order valence-electron chi connectivity index (χ3n) is 2.97. The third-order valence-corrected chi connectivity index (χ3v) is 2.97. The first-order chi connectivity index (χ1) is 8.10. The van der Waals surface area contributed by atoms with Crippen LogP contribution in [0.15, 0.2) is 0 Å². The summed E-state index contributed by atoms with van der Waals surface area (Å²) in [5, 5.41) is 6.17. The van der Waals surface area contributed by atoms with Gasteiger partial charge in [0.2, 0.25) is 5.91 Å². The van der Waals surface area contributed by atoms with Crippen molar-refractivity contribution < 1.29 is 4.79 Å². The molecule has 0 saturated carbocycles. The van der Waals surface area contributed by atoms with Crippen LogP contribution in [0.2, 0.25) is 0 Å². The van der Waals surface area contributed by atoms with E-state index < -0.39 is 0 Å². The summed E-state index contributed by atoms with van der Waals surface area (Å²) < 4.78 is 0. The quantitative estimate of drug-likeness (QED) is 0.618. The van der Waals surface area contributed by atoms with E-state index in [1.54, 1.807) is 0 Å². The molecule has 0 bridgehead atoms. The van der Waals surface area contributed by atoms with Crippen LogP contribution in [0.25, 0.3) is 0 Å². The van der Waals surface area contributed by atoms with Crippen molar-refractivity contribution in [1.82, 2.24) is 10.6 Å². The zero-order valence-corrected chi connectivity index (χ0v) is 12.0. The molecule has 3 heteroatoms. The fourth-order valence-corrected chi connectivity index (χ4v) is 1.71. The SMILES string of the molecule is CCCCC(CC)CNCC(=O)NCC(C)C. The lowest BCUT2D eigenvalue weighted by molar-refractivity contribution is -0.120. The molecule has 0 aromatic carbocycles. The maximum atomic E-state index is 11.5. The van der Waals surface area contributed by atoms with E-state index in [-0.39, 0.29) is 5.91 Å². The molecule has 0 aliphatic heterocycles. The van der Waals surface area contributed by atoms with Gasteiger partial charge in [0, 0.05) is 6.54 Å². The average Bonchev–Trinajstić information content (AvgIpc) is 2.30. The van der Waals surface area contributed by atoms with Crippen molar-refractivity contribution in [3.8, 4) is 0 Å². The van der Waals surface area contributed by atoms with Gasteiger partial charge in [-0.1, -0.05) is 47.0 Å². The number of hydrogen-bond donors (Lipinski definition) is 2. The molecule has 102 valence electrons. The van der Waals surface area contributed by atoms with Gasteiger partial charge in [-0.05, 0) is 24.8 Å². The molecule has 0 saturated heterocycles. The Balaban J connectivity index is 3.55. The second-order valence-corrected chi connectivity index (χ2v) is 5.25. The van der Waals surface area contributed by atoms with Crippen LogP contribution >= 0.6 is 0 Å². The van der Waals surface area contributed by atoms with Crippen molar-refractivity contribution in [3.05, 3.63) is 0 Å². The molecule has 0 aliphatic rings. The highest BCUT2D eigenvalue weighted by Crippen LogP contribution is 2.10. The minimum atomic E-state index is 0.115. The summed E-state index contributed by atoms with van der Waals surface area (Å²) in [5.41, 5.74) is 0. The Hall–Kier alpha value is -0.570. The molecule has 2 N–H and O–H groups in total. The molecule has 3 nitrogen and oxygen atoms in total. The predicted molar refractivity (Wildman–Crippen MR) is 74.0 cm³/mol. The molecule has 0 aliphatic carbocycles. The molecule has 17 heavy (non-hydrogen) atoms. The maximum Gasteiger partial charge on any atom is 0.233 e. The molecular formula is C14H30N2O. The van der Waals surface area contributed by atoms with Crippen molar-refractivity contribution in [2.45, 2.75) is 53.4 Å². The van der Waals surface area contributed by atoms with Crippen LogP contribution in [-0.2, 0) is 4.79 Å². The smallest absolute Gasteiger partial charge is 0.233 e. The Morgan fingerprint density at radius 3 is 2.41 bits per heavy atom. The van der Waals surface area contributed by atoms with E-state index in [1.165, 1.54) is 25.7 Å². The van der Waals surface area contributed by atoms with Gasteiger partial charge in [0.1, 0.15) is 0 Å². The van der Waals surface area contributed by atoms with Crippen LogP contribution < -0.4 is 10.6 Å². The molecule has 0 rings (SSSR count). The first-order valence-electron chi connectivity index (χ1n) is 7.07. The largest absolute Gasteiger partial charge is 0.355 e. The van der Waals surface area contributed by atoms with Crippen LogP contribution in [0.4, 0.5) is 0 Å². The monoisotopic (exact) mass is 242 g/mol. The second-order valence-electron chi connectivity index (χ2n) is 5.25. The van der Waals surface area contributed by atoms with Crippen molar-refractivity contribution in [2.24, 2.45) is 11.8 Å². The molecule has 0 fully saturated rings. The number of rotatable bonds is 10. The van der Waals surface area contributed by atoms with E-state index in [0.717, 1.165) is 13.1 Å². The summed E-state index contributed by atoms with van der Waals surface area (Å²) in [6.45, 7) is 10.8. The van der Waals surface area contributed by atoms with Gasteiger partial charge in [-0.25, -0.2) is 0 Å². The van der Waals surface area contributed by atoms with Gasteiger partial charge >= 0.3 is 0 Å². The minimum Gasteiger partial charge on any atom is -0.355 e. The Bertz CT molecular complexity index is 193. The molecule has 1 amide bonds. The average molecular weight is 242 g/mol. The highest BCUT2D eigenvalue weighted by molar-refractivity contribution is 5.77. The fourth-order valence-electron chi connectivity index (χ4n) is 1.71. The molecule has 0 heterocycles. The Morgan fingerprint density at radius 1 is 1.18 bits per heavy atom. The topological polar surface area (TPSA) is 41.1 Å². The number of carbonyl (C=O) groups is 1. The first-order valence-corrected chi connectivity index (χ1v) is 7.07. The maximum absolute atomic E-state index is 11.5. The van der Waals surface area contributed by atoms with Crippen LogP contribution in [0.3, 0.4) is 0 Å². The molecule has 0 aromatic heterocycles. The Kier molecular flexibility index (Phi) is 10.2. The van der Waals surface area contributed by atoms with Crippen LogP contribution in [0.5, 0.6) is 0 Å². The van der Waals surface area contributed by atoms with Gasteiger partial charge in [-0.3, -0.25) is 4.79 Å². The summed E-state index contributed by atoms with van der Waals surface area (Å²) >= 11 is 0. The second kappa shape index (κ2) is 10.6. The van der Waals surface area contributed by atoms with Gasteiger partial charge in [0.25, 0.3) is 0 Å². The summed E-state index contributed by atoms with van der Waals surface area (Å²) in [7, 11) is 0. The number of unbranched alkanes of at least 4 members (excludes halogenated alkanes) is 1. The Labute approximate surface area is 107 Å². The van der Waals surface area contributed by atoms with Crippen LogP contribution in [0.1, 0.15) is 53.4 Å². The van der Waals surface area contributed by atoms with Gasteiger partial charge in [0.05, 0.1) is 6.54 Å². The van der Waals surface area contributed by atoms with Crippen LogP contribution in [0, 0.1) is 11.8 Å². The zero-order valence-electron chi connectivity index (χ0n) is 12.0. The zero-order chi connectivity index (χ0) is 13.1. The number of amides is 1. The van der Waals surface area contributed by atoms with Gasteiger partial charge in [-0.2, -0.15) is 0 Å². The lowest BCUT2D eigenvalue weighted by atomic mass is 9.99. The van der Waals surface area contributed by atoms with Gasteiger partial charge in [0.15, 0.2) is 0 Å². The van der Waals surface area contributed by atoms with Crippen LogP contribution in [-0.4, -0.2) is 25.5 Å². The predicted octanol–water partition coefficient (Wildman–Crippen LogP) is 2.56. The minimum absolute atomic E-state index is 0.115. The fraction of sp³-hybridized carbons (Fsp3) is 0.929. The lowest BCUT2D eigenvalue weighted by Crippen LogP contribution is -2.37. The third kappa shape index (κ3) is 10.3. The van der Waals surface area contributed by atoms with E-state index in [0.29, 0.717) is 18.4 Å². The molecule has 0 spiro atoms. The summed E-state index contributed by atoms with van der Waals surface area (Å²) in [6, 6.07) is 0. The first kappa shape index (κ1) is 16.4. The standard InChI is InChI=1S/C14H30N2O/c1-5-7-8-13(6-2)10-15-11-14(17)16-9-12(3)4/h12-13,15H,5-11H2,1-4H3,(H,16,17). The van der Waals surface area contributed by atoms with E-state index >= 15 is 0 Å². The number of carbonyl (C=O) groups excluding carboxylic acids is 1. The number of nitrogens with one attached hydrogen (secondary N) is 2. The summed E-state index contributed by atoms with van der Waals surface area (Å²) in [6.07, 6.45) is 5.01. The molecule has 1 unspecified atom stereocenters. The number of hydrogen-bond acceptors (Lipinski definition) is 2. The Morgan fingerprint density at radius 2 is 1.88 bits per heavy atom. The van der Waals surface area contributed by atoms with Crippen molar-refractivity contribution in [2.75, 3.05) is 19.6 Å². The molecule has 0 radical (unpaired) electrons. The van der Waals surface area contributed by atoms with E-state index in [2.05, 4.69) is 38.3 Å². The van der Waals surface area contributed by atoms with Gasteiger partial charge in [-0.15, -0.1) is 0 Å². The van der Waals surface area contributed by atoms with Crippen molar-refractivity contribution >= 4 is 5.91 Å². The molecule has 0 aromatic rings.